The maximum absolute atomic E-state index is 13.7. The monoisotopic (exact) mass is 419 g/mol. The van der Waals surface area contributed by atoms with Gasteiger partial charge >= 0.3 is 6.03 Å². The average molecular weight is 420 g/mol. The van der Waals surface area contributed by atoms with Crippen LogP contribution in [0.3, 0.4) is 0 Å². The van der Waals surface area contributed by atoms with Gasteiger partial charge in [-0.05, 0) is 42.3 Å². The zero-order valence-corrected chi connectivity index (χ0v) is 17.5. The van der Waals surface area contributed by atoms with Gasteiger partial charge in [-0.3, -0.25) is 4.79 Å². The maximum atomic E-state index is 13.7. The normalized spacial score (nSPS) is 10.4. The molecule has 0 bridgehead atoms. The van der Waals surface area contributed by atoms with Gasteiger partial charge in [0.2, 0.25) is 0 Å². The number of anilines is 1. The molecule has 0 unspecified atom stereocenters. The molecule has 3 aromatic rings. The molecule has 6 heteroatoms. The lowest BCUT2D eigenvalue weighted by Crippen LogP contribution is -2.35. The van der Waals surface area contributed by atoms with Gasteiger partial charge in [0.15, 0.2) is 0 Å². The topological polar surface area (TPSA) is 61.4 Å². The number of nitrogens with zero attached hydrogens (tertiary/aromatic N) is 1. The summed E-state index contributed by atoms with van der Waals surface area (Å²) >= 11 is 0. The molecule has 0 aliphatic heterocycles. The fourth-order valence-electron chi connectivity index (χ4n) is 3.15. The molecule has 0 atom stereocenters. The van der Waals surface area contributed by atoms with Crippen LogP contribution < -0.4 is 10.6 Å². The van der Waals surface area contributed by atoms with Crippen molar-refractivity contribution in [2.75, 3.05) is 11.9 Å². The van der Waals surface area contributed by atoms with Crippen LogP contribution >= 0.6 is 0 Å². The Morgan fingerprint density at radius 3 is 2.26 bits per heavy atom. The highest BCUT2D eigenvalue weighted by Crippen LogP contribution is 2.13. The molecule has 0 fully saturated rings. The molecule has 0 aliphatic rings. The first-order valence-corrected chi connectivity index (χ1v) is 10.3. The molecule has 3 amide bonds. The van der Waals surface area contributed by atoms with Crippen LogP contribution in [-0.4, -0.2) is 23.4 Å². The molecule has 31 heavy (non-hydrogen) atoms. The highest BCUT2D eigenvalue weighted by atomic mass is 19.1. The zero-order chi connectivity index (χ0) is 22.1. The Morgan fingerprint density at radius 1 is 0.903 bits per heavy atom. The highest BCUT2D eigenvalue weighted by molar-refractivity contribution is 5.95. The van der Waals surface area contributed by atoms with E-state index >= 15 is 0 Å². The molecular formula is C25H26FN3O2. The summed E-state index contributed by atoms with van der Waals surface area (Å²) in [7, 11) is 0. The van der Waals surface area contributed by atoms with Gasteiger partial charge in [0.1, 0.15) is 5.82 Å². The fraction of sp³-hybridized carbons (Fsp3) is 0.200. The molecule has 0 heterocycles. The second-order valence-electron chi connectivity index (χ2n) is 7.19. The van der Waals surface area contributed by atoms with Crippen LogP contribution in [0.25, 0.3) is 0 Å². The summed E-state index contributed by atoms with van der Waals surface area (Å²) in [5.41, 5.74) is 2.52. The van der Waals surface area contributed by atoms with E-state index in [1.54, 1.807) is 47.4 Å². The number of nitrogens with one attached hydrogen (secondary N) is 2. The van der Waals surface area contributed by atoms with Gasteiger partial charge < -0.3 is 15.5 Å². The van der Waals surface area contributed by atoms with Crippen LogP contribution in [0.5, 0.6) is 0 Å². The smallest absolute Gasteiger partial charge is 0.322 e. The Labute approximate surface area is 181 Å². The molecule has 0 aromatic heterocycles. The molecule has 3 aromatic carbocycles. The fourth-order valence-corrected chi connectivity index (χ4v) is 3.15. The number of rotatable bonds is 8. The summed E-state index contributed by atoms with van der Waals surface area (Å²) in [6, 6.07) is 22.6. The largest absolute Gasteiger partial charge is 0.348 e. The van der Waals surface area contributed by atoms with Gasteiger partial charge in [0.25, 0.3) is 5.91 Å². The van der Waals surface area contributed by atoms with Gasteiger partial charge in [-0.2, -0.15) is 0 Å². The first kappa shape index (κ1) is 22.0. The van der Waals surface area contributed by atoms with E-state index in [4.69, 9.17) is 0 Å². The van der Waals surface area contributed by atoms with Crippen LogP contribution in [0, 0.1) is 5.82 Å². The van der Waals surface area contributed by atoms with Crippen LogP contribution in [0.15, 0.2) is 78.9 Å². The van der Waals surface area contributed by atoms with Crippen molar-refractivity contribution in [3.05, 3.63) is 101 Å². The molecule has 2 N–H and O–H groups in total. The molecule has 0 saturated carbocycles. The molecule has 0 saturated heterocycles. The Morgan fingerprint density at radius 2 is 1.58 bits per heavy atom. The average Bonchev–Trinajstić information content (AvgIpc) is 2.79. The van der Waals surface area contributed by atoms with Crippen molar-refractivity contribution in [2.24, 2.45) is 0 Å². The van der Waals surface area contributed by atoms with Crippen molar-refractivity contribution in [1.29, 1.82) is 0 Å². The summed E-state index contributed by atoms with van der Waals surface area (Å²) in [5.74, 6) is -0.661. The lowest BCUT2D eigenvalue weighted by Gasteiger charge is -2.22. The van der Waals surface area contributed by atoms with E-state index < -0.39 is 0 Å². The van der Waals surface area contributed by atoms with E-state index in [0.29, 0.717) is 29.9 Å². The lowest BCUT2D eigenvalue weighted by molar-refractivity contribution is 0.0950. The number of halogens is 1. The van der Waals surface area contributed by atoms with Gasteiger partial charge in [-0.15, -0.1) is 0 Å². The number of amides is 3. The van der Waals surface area contributed by atoms with Crippen LogP contribution in [-0.2, 0) is 13.1 Å². The van der Waals surface area contributed by atoms with Crippen LogP contribution in [0.2, 0.25) is 0 Å². The third kappa shape index (κ3) is 6.40. The quantitative estimate of drug-likeness (QED) is 0.527. The molecular weight excluding hydrogens is 393 g/mol. The van der Waals surface area contributed by atoms with Crippen molar-refractivity contribution < 1.29 is 14.0 Å². The Kier molecular flexibility index (Phi) is 7.76. The van der Waals surface area contributed by atoms with Crippen molar-refractivity contribution in [1.82, 2.24) is 10.2 Å². The van der Waals surface area contributed by atoms with Gasteiger partial charge in [0.05, 0.1) is 0 Å². The summed E-state index contributed by atoms with van der Waals surface area (Å²) < 4.78 is 13.7. The zero-order valence-electron chi connectivity index (χ0n) is 17.5. The van der Waals surface area contributed by atoms with Gasteiger partial charge in [-0.1, -0.05) is 55.5 Å². The number of benzene rings is 3. The minimum absolute atomic E-state index is 0.107. The van der Waals surface area contributed by atoms with Crippen LogP contribution in [0.4, 0.5) is 14.9 Å². The van der Waals surface area contributed by atoms with E-state index in [0.717, 1.165) is 12.0 Å². The molecule has 0 spiro atoms. The number of hydrogen-bond donors (Lipinski definition) is 2. The first-order chi connectivity index (χ1) is 15.1. The van der Waals surface area contributed by atoms with Gasteiger partial charge in [-0.25, -0.2) is 9.18 Å². The summed E-state index contributed by atoms with van der Waals surface area (Å²) in [6.45, 7) is 3.30. The first-order valence-electron chi connectivity index (χ1n) is 10.3. The standard InChI is InChI=1S/C25H26FN3O2/c1-2-16-29(18-19-8-4-3-5-9-19)25(31)28-22-14-12-20(13-15-22)24(30)27-17-21-10-6-7-11-23(21)26/h3-15H,2,16-18H2,1H3,(H,27,30)(H,28,31). The van der Waals surface area contributed by atoms with E-state index in [-0.39, 0.29) is 24.3 Å². The molecule has 0 aliphatic carbocycles. The Balaban J connectivity index is 1.57. The van der Waals surface area contributed by atoms with E-state index in [9.17, 15) is 14.0 Å². The highest BCUT2D eigenvalue weighted by Gasteiger charge is 2.14. The van der Waals surface area contributed by atoms with Crippen molar-refractivity contribution in [2.45, 2.75) is 26.4 Å². The number of hydrogen-bond acceptors (Lipinski definition) is 2. The molecule has 3 rings (SSSR count). The minimum atomic E-state index is -0.354. The maximum Gasteiger partial charge on any atom is 0.322 e. The predicted molar refractivity (Wildman–Crippen MR) is 120 cm³/mol. The summed E-state index contributed by atoms with van der Waals surface area (Å²) in [5, 5.41) is 5.59. The Hall–Kier alpha value is -3.67. The second-order valence-corrected chi connectivity index (χ2v) is 7.19. The SMILES string of the molecule is CCCN(Cc1ccccc1)C(=O)Nc1ccc(C(=O)NCc2ccccc2F)cc1. The summed E-state index contributed by atoms with van der Waals surface area (Å²) in [6.07, 6.45) is 0.849. The predicted octanol–water partition coefficient (Wildman–Crippen LogP) is 5.20. The summed E-state index contributed by atoms with van der Waals surface area (Å²) in [4.78, 5) is 26.8. The molecule has 5 nitrogen and oxygen atoms in total. The third-order valence-electron chi connectivity index (χ3n) is 4.79. The third-order valence-corrected chi connectivity index (χ3v) is 4.79. The molecule has 0 radical (unpaired) electrons. The van der Waals surface area contributed by atoms with Crippen molar-refractivity contribution >= 4 is 17.6 Å². The minimum Gasteiger partial charge on any atom is -0.348 e. The van der Waals surface area contributed by atoms with E-state index in [1.807, 2.05) is 37.3 Å². The number of carbonyl (C=O) groups excluding carboxylic acids is 2. The van der Waals surface area contributed by atoms with E-state index in [1.165, 1.54) is 6.07 Å². The van der Waals surface area contributed by atoms with Gasteiger partial charge in [0, 0.05) is 36.4 Å². The van der Waals surface area contributed by atoms with Crippen molar-refractivity contribution in [3.63, 3.8) is 0 Å². The van der Waals surface area contributed by atoms with Crippen molar-refractivity contribution in [3.8, 4) is 0 Å². The number of urea groups is 1. The number of carbonyl (C=O) groups is 2. The van der Waals surface area contributed by atoms with E-state index in [2.05, 4.69) is 10.6 Å². The van der Waals surface area contributed by atoms with Crippen LogP contribution in [0.1, 0.15) is 34.8 Å². The molecule has 160 valence electrons. The second kappa shape index (κ2) is 10.9. The lowest BCUT2D eigenvalue weighted by atomic mass is 10.1. The Bertz CT molecular complexity index is 1010.